The molecular formula is C13H12O3S. The van der Waals surface area contributed by atoms with Crippen molar-refractivity contribution in [2.75, 3.05) is 0 Å². The second kappa shape index (κ2) is 5.12. The minimum Gasteiger partial charge on any atom is -0.478 e. The second-order valence-corrected chi connectivity index (χ2v) is 4.69. The lowest BCUT2D eigenvalue weighted by Gasteiger charge is -2.10. The fraction of sp³-hybridized carbons (Fsp3) is 0.154. The van der Waals surface area contributed by atoms with Crippen molar-refractivity contribution in [2.45, 2.75) is 12.5 Å². The van der Waals surface area contributed by atoms with E-state index in [2.05, 4.69) is 0 Å². The number of carboxylic acids is 1. The van der Waals surface area contributed by atoms with Gasteiger partial charge in [-0.2, -0.15) is 0 Å². The van der Waals surface area contributed by atoms with Gasteiger partial charge in [0.05, 0.1) is 11.7 Å². The highest BCUT2D eigenvalue weighted by atomic mass is 32.1. The van der Waals surface area contributed by atoms with Gasteiger partial charge in [0, 0.05) is 11.3 Å². The van der Waals surface area contributed by atoms with Crippen molar-refractivity contribution in [1.29, 1.82) is 0 Å². The van der Waals surface area contributed by atoms with E-state index in [9.17, 15) is 9.90 Å². The molecule has 0 saturated carbocycles. The van der Waals surface area contributed by atoms with E-state index < -0.39 is 12.1 Å². The van der Waals surface area contributed by atoms with Crippen molar-refractivity contribution in [1.82, 2.24) is 0 Å². The monoisotopic (exact) mass is 248 g/mol. The molecule has 0 bridgehead atoms. The number of carboxylic acid groups (broad SMARTS) is 1. The van der Waals surface area contributed by atoms with E-state index in [1.54, 1.807) is 11.4 Å². The fourth-order valence-electron chi connectivity index (χ4n) is 1.66. The fourth-order valence-corrected chi connectivity index (χ4v) is 2.56. The molecule has 1 heterocycles. The molecule has 2 N–H and O–H groups in total. The highest BCUT2D eigenvalue weighted by Crippen LogP contribution is 2.24. The first-order chi connectivity index (χ1) is 8.18. The van der Waals surface area contributed by atoms with Crippen molar-refractivity contribution in [3.8, 4) is 0 Å². The molecule has 2 aromatic rings. The van der Waals surface area contributed by atoms with Crippen LogP contribution < -0.4 is 0 Å². The van der Waals surface area contributed by atoms with Crippen LogP contribution in [0, 0.1) is 0 Å². The van der Waals surface area contributed by atoms with Crippen LogP contribution in [-0.4, -0.2) is 16.2 Å². The minimum atomic E-state index is -0.943. The zero-order valence-electron chi connectivity index (χ0n) is 9.04. The van der Waals surface area contributed by atoms with Gasteiger partial charge >= 0.3 is 5.97 Å². The molecule has 0 aliphatic carbocycles. The van der Waals surface area contributed by atoms with Gasteiger partial charge in [-0.05, 0) is 17.0 Å². The zero-order valence-corrected chi connectivity index (χ0v) is 9.85. The number of carbonyl (C=O) groups is 1. The first-order valence-corrected chi connectivity index (χ1v) is 6.09. The van der Waals surface area contributed by atoms with Gasteiger partial charge in [-0.25, -0.2) is 4.79 Å². The molecule has 1 aromatic heterocycles. The quantitative estimate of drug-likeness (QED) is 0.874. The number of aliphatic hydroxyl groups excluding tert-OH is 1. The average Bonchev–Trinajstić information content (AvgIpc) is 2.78. The van der Waals surface area contributed by atoms with Crippen molar-refractivity contribution in [2.24, 2.45) is 0 Å². The van der Waals surface area contributed by atoms with E-state index in [1.165, 1.54) is 11.3 Å². The van der Waals surface area contributed by atoms with Gasteiger partial charge in [-0.1, -0.05) is 30.3 Å². The molecule has 2 rings (SSSR count). The Morgan fingerprint density at radius 2 is 1.94 bits per heavy atom. The molecule has 0 aliphatic heterocycles. The third kappa shape index (κ3) is 2.72. The van der Waals surface area contributed by atoms with Gasteiger partial charge in [-0.3, -0.25) is 0 Å². The Bertz CT molecular complexity index is 504. The third-order valence-corrected chi connectivity index (χ3v) is 3.48. The molecule has 0 aliphatic rings. The molecule has 1 aromatic carbocycles. The largest absolute Gasteiger partial charge is 0.478 e. The molecule has 1 atom stereocenters. The summed E-state index contributed by atoms with van der Waals surface area (Å²) in [6.45, 7) is 0. The molecule has 0 radical (unpaired) electrons. The van der Waals surface area contributed by atoms with E-state index in [-0.39, 0.29) is 5.56 Å². The van der Waals surface area contributed by atoms with Crippen molar-refractivity contribution < 1.29 is 15.0 Å². The Hall–Kier alpha value is -1.65. The maximum atomic E-state index is 10.9. The Morgan fingerprint density at radius 3 is 2.59 bits per heavy atom. The lowest BCUT2D eigenvalue weighted by Crippen LogP contribution is -2.04. The van der Waals surface area contributed by atoms with Gasteiger partial charge in [0.2, 0.25) is 0 Å². The first kappa shape index (κ1) is 11.8. The molecule has 4 heteroatoms. The highest BCUT2D eigenvalue weighted by Gasteiger charge is 2.15. The molecule has 88 valence electrons. The van der Waals surface area contributed by atoms with Crippen molar-refractivity contribution in [3.05, 3.63) is 57.8 Å². The molecule has 0 amide bonds. The van der Waals surface area contributed by atoms with E-state index in [1.807, 2.05) is 30.3 Å². The number of hydrogen-bond donors (Lipinski definition) is 2. The van der Waals surface area contributed by atoms with Crippen LogP contribution in [-0.2, 0) is 6.42 Å². The summed E-state index contributed by atoms with van der Waals surface area (Å²) in [4.78, 5) is 11.6. The maximum absolute atomic E-state index is 10.9. The molecule has 0 fully saturated rings. The Kier molecular flexibility index (Phi) is 3.56. The van der Waals surface area contributed by atoms with Crippen LogP contribution in [0.1, 0.15) is 26.9 Å². The van der Waals surface area contributed by atoms with E-state index >= 15 is 0 Å². The SMILES string of the molecule is O=C(O)c1ccsc1CC(O)c1ccccc1. The summed E-state index contributed by atoms with van der Waals surface area (Å²) in [5.74, 6) is -0.943. The van der Waals surface area contributed by atoms with Gasteiger partial charge in [0.1, 0.15) is 0 Å². The maximum Gasteiger partial charge on any atom is 0.336 e. The topological polar surface area (TPSA) is 57.5 Å². The lowest BCUT2D eigenvalue weighted by molar-refractivity contribution is 0.0695. The molecule has 0 saturated heterocycles. The first-order valence-electron chi connectivity index (χ1n) is 5.21. The molecule has 17 heavy (non-hydrogen) atoms. The summed E-state index contributed by atoms with van der Waals surface area (Å²) < 4.78 is 0. The molecule has 0 spiro atoms. The molecular weight excluding hydrogens is 236 g/mol. The third-order valence-electron chi connectivity index (χ3n) is 2.54. The van der Waals surface area contributed by atoms with Crippen LogP contribution in [0.4, 0.5) is 0 Å². The van der Waals surface area contributed by atoms with Crippen LogP contribution in [0.3, 0.4) is 0 Å². The Morgan fingerprint density at radius 1 is 1.24 bits per heavy atom. The van der Waals surface area contributed by atoms with E-state index in [0.29, 0.717) is 11.3 Å². The standard InChI is InChI=1S/C13H12O3S/c14-11(9-4-2-1-3-5-9)8-12-10(13(15)16)6-7-17-12/h1-7,11,14H,8H2,(H,15,16). The molecule has 3 nitrogen and oxygen atoms in total. The summed E-state index contributed by atoms with van der Waals surface area (Å²) in [5.41, 5.74) is 1.09. The van der Waals surface area contributed by atoms with Crippen LogP contribution >= 0.6 is 11.3 Å². The van der Waals surface area contributed by atoms with Gasteiger partial charge in [0.15, 0.2) is 0 Å². The van der Waals surface area contributed by atoms with Crippen LogP contribution in [0.5, 0.6) is 0 Å². The summed E-state index contributed by atoms with van der Waals surface area (Å²) in [7, 11) is 0. The predicted octanol–water partition coefficient (Wildman–Crippen LogP) is 2.72. The highest BCUT2D eigenvalue weighted by molar-refractivity contribution is 7.10. The number of benzene rings is 1. The number of thiophene rings is 1. The zero-order chi connectivity index (χ0) is 12.3. The van der Waals surface area contributed by atoms with E-state index in [0.717, 1.165) is 5.56 Å². The van der Waals surface area contributed by atoms with Crippen LogP contribution in [0.15, 0.2) is 41.8 Å². The van der Waals surface area contributed by atoms with Gasteiger partial charge < -0.3 is 10.2 Å². The smallest absolute Gasteiger partial charge is 0.336 e. The molecule has 1 unspecified atom stereocenters. The normalized spacial score (nSPS) is 12.3. The summed E-state index contributed by atoms with van der Waals surface area (Å²) in [6, 6.07) is 10.8. The summed E-state index contributed by atoms with van der Waals surface area (Å²) in [6.07, 6.45) is -0.323. The number of aliphatic hydroxyl groups is 1. The number of aromatic carboxylic acids is 1. The van der Waals surface area contributed by atoms with Crippen LogP contribution in [0.25, 0.3) is 0 Å². The summed E-state index contributed by atoms with van der Waals surface area (Å²) in [5, 5.41) is 20.7. The minimum absolute atomic E-state index is 0.282. The average molecular weight is 248 g/mol. The summed E-state index contributed by atoms with van der Waals surface area (Å²) >= 11 is 1.36. The van der Waals surface area contributed by atoms with E-state index in [4.69, 9.17) is 5.11 Å². The lowest BCUT2D eigenvalue weighted by atomic mass is 10.0. The van der Waals surface area contributed by atoms with Crippen molar-refractivity contribution in [3.63, 3.8) is 0 Å². The van der Waals surface area contributed by atoms with Gasteiger partial charge in [0.25, 0.3) is 0 Å². The predicted molar refractivity (Wildman–Crippen MR) is 66.4 cm³/mol. The second-order valence-electron chi connectivity index (χ2n) is 3.69. The van der Waals surface area contributed by atoms with Crippen LogP contribution in [0.2, 0.25) is 0 Å². The Labute approximate surface area is 103 Å². The van der Waals surface area contributed by atoms with Gasteiger partial charge in [-0.15, -0.1) is 11.3 Å². The number of hydrogen-bond acceptors (Lipinski definition) is 3. The Balaban J connectivity index is 2.16. The number of rotatable bonds is 4. The van der Waals surface area contributed by atoms with Crippen molar-refractivity contribution >= 4 is 17.3 Å².